The number of anilines is 2. The normalized spacial score (nSPS) is 11.5. The molecule has 0 atom stereocenters. The van der Waals surface area contributed by atoms with E-state index >= 15 is 0 Å². The number of nitrogens with two attached hydrogens (primary N) is 1. The zero-order valence-corrected chi connectivity index (χ0v) is 11.0. The molecule has 2 rings (SSSR count). The predicted molar refractivity (Wildman–Crippen MR) is 69.5 cm³/mol. The van der Waals surface area contributed by atoms with Crippen molar-refractivity contribution in [3.05, 3.63) is 36.5 Å². The van der Waals surface area contributed by atoms with Gasteiger partial charge in [0.25, 0.3) is 10.0 Å². The van der Waals surface area contributed by atoms with Gasteiger partial charge in [-0.15, -0.1) is 0 Å². The van der Waals surface area contributed by atoms with Crippen LogP contribution in [-0.2, 0) is 16.6 Å². The van der Waals surface area contributed by atoms with Crippen molar-refractivity contribution in [1.82, 2.24) is 9.55 Å². The third-order valence-electron chi connectivity index (χ3n) is 2.50. The van der Waals surface area contributed by atoms with Gasteiger partial charge in [-0.05, 0) is 25.1 Å². The molecule has 0 unspecified atom stereocenters. The van der Waals surface area contributed by atoms with Gasteiger partial charge in [-0.2, -0.15) is 8.42 Å². The second kappa shape index (κ2) is 4.88. The highest BCUT2D eigenvalue weighted by Gasteiger charge is 2.17. The maximum absolute atomic E-state index is 13.0. The summed E-state index contributed by atoms with van der Waals surface area (Å²) in [5, 5.41) is -0.0998. The Balaban J connectivity index is 2.28. The molecule has 1 heterocycles. The average Bonchev–Trinajstić information content (AvgIpc) is 2.83. The molecule has 0 aliphatic heterocycles. The van der Waals surface area contributed by atoms with Gasteiger partial charge in [0.15, 0.2) is 5.03 Å². The van der Waals surface area contributed by atoms with Crippen LogP contribution in [0.2, 0.25) is 0 Å². The van der Waals surface area contributed by atoms with E-state index in [2.05, 4.69) is 9.71 Å². The molecule has 0 saturated heterocycles. The van der Waals surface area contributed by atoms with Crippen LogP contribution in [0.5, 0.6) is 0 Å². The number of sulfonamides is 1. The lowest BCUT2D eigenvalue weighted by Crippen LogP contribution is -2.13. The Morgan fingerprint density at radius 2 is 2.21 bits per heavy atom. The molecule has 0 aliphatic rings. The van der Waals surface area contributed by atoms with Crippen LogP contribution in [-0.4, -0.2) is 18.0 Å². The van der Waals surface area contributed by atoms with Gasteiger partial charge in [0.05, 0.1) is 17.7 Å². The van der Waals surface area contributed by atoms with Crippen LogP contribution in [0.1, 0.15) is 6.92 Å². The first-order valence-corrected chi connectivity index (χ1v) is 7.00. The van der Waals surface area contributed by atoms with Gasteiger partial charge in [0.1, 0.15) is 5.82 Å². The highest BCUT2D eigenvalue weighted by molar-refractivity contribution is 7.92. The van der Waals surface area contributed by atoms with E-state index in [9.17, 15) is 12.8 Å². The largest absolute Gasteiger partial charge is 0.396 e. The number of nitrogens with one attached hydrogen (secondary N) is 1. The standard InChI is InChI=1S/C11H13FN4O2S/c1-2-16-6-11(14-7-16)19(17,18)15-8-3-4-9(12)10(13)5-8/h3-7,15H,2,13H2,1H3. The molecule has 0 saturated carbocycles. The van der Waals surface area contributed by atoms with Gasteiger partial charge in [-0.3, -0.25) is 4.72 Å². The van der Waals surface area contributed by atoms with Crippen molar-refractivity contribution in [2.75, 3.05) is 10.5 Å². The monoisotopic (exact) mass is 284 g/mol. The van der Waals surface area contributed by atoms with E-state index in [-0.39, 0.29) is 16.4 Å². The van der Waals surface area contributed by atoms with Crippen LogP contribution in [0.15, 0.2) is 35.7 Å². The molecule has 19 heavy (non-hydrogen) atoms. The first-order valence-electron chi connectivity index (χ1n) is 5.52. The Morgan fingerprint density at radius 3 is 2.79 bits per heavy atom. The van der Waals surface area contributed by atoms with Crippen LogP contribution >= 0.6 is 0 Å². The zero-order chi connectivity index (χ0) is 14.0. The number of nitrogens with zero attached hydrogens (tertiary/aromatic N) is 2. The summed E-state index contributed by atoms with van der Waals surface area (Å²) in [6.07, 6.45) is 2.84. The van der Waals surface area contributed by atoms with Crippen molar-refractivity contribution in [1.29, 1.82) is 0 Å². The first kappa shape index (κ1) is 13.3. The number of nitrogen functional groups attached to an aromatic ring is 1. The average molecular weight is 284 g/mol. The quantitative estimate of drug-likeness (QED) is 0.831. The first-order chi connectivity index (χ1) is 8.92. The molecule has 1 aromatic carbocycles. The fraction of sp³-hybridized carbons (Fsp3) is 0.182. The number of hydrogen-bond acceptors (Lipinski definition) is 4. The van der Waals surface area contributed by atoms with E-state index in [1.807, 2.05) is 6.92 Å². The number of rotatable bonds is 4. The molecule has 8 heteroatoms. The summed E-state index contributed by atoms with van der Waals surface area (Å²) in [6.45, 7) is 2.48. The number of aromatic nitrogens is 2. The van der Waals surface area contributed by atoms with Gasteiger partial charge >= 0.3 is 0 Å². The number of aryl methyl sites for hydroxylation is 1. The van der Waals surface area contributed by atoms with Gasteiger partial charge in [-0.1, -0.05) is 0 Å². The Labute approximate surface area is 110 Å². The summed E-state index contributed by atoms with van der Waals surface area (Å²) in [6, 6.07) is 3.60. The third-order valence-corrected chi connectivity index (χ3v) is 3.76. The molecule has 6 nitrogen and oxygen atoms in total. The van der Waals surface area contributed by atoms with Gasteiger partial charge in [-0.25, -0.2) is 9.37 Å². The van der Waals surface area contributed by atoms with E-state index in [1.165, 1.54) is 24.7 Å². The Hall–Kier alpha value is -2.09. The van der Waals surface area contributed by atoms with Crippen molar-refractivity contribution in [2.24, 2.45) is 0 Å². The topological polar surface area (TPSA) is 90.0 Å². The maximum atomic E-state index is 13.0. The second-order valence-corrected chi connectivity index (χ2v) is 5.51. The molecule has 0 aliphatic carbocycles. The van der Waals surface area contributed by atoms with Crippen LogP contribution in [0.25, 0.3) is 0 Å². The van der Waals surface area contributed by atoms with Gasteiger partial charge < -0.3 is 10.3 Å². The summed E-state index contributed by atoms with van der Waals surface area (Å²) in [7, 11) is -3.79. The predicted octanol–water partition coefficient (Wildman–Crippen LogP) is 1.43. The Bertz CT molecular complexity index is 696. The van der Waals surface area contributed by atoms with Crippen molar-refractivity contribution in [2.45, 2.75) is 18.5 Å². The Morgan fingerprint density at radius 1 is 1.47 bits per heavy atom. The third kappa shape index (κ3) is 2.84. The van der Waals surface area contributed by atoms with E-state index in [4.69, 9.17) is 5.73 Å². The van der Waals surface area contributed by atoms with Crippen molar-refractivity contribution in [3.8, 4) is 0 Å². The highest BCUT2D eigenvalue weighted by Crippen LogP contribution is 2.19. The second-order valence-electron chi connectivity index (χ2n) is 3.88. The zero-order valence-electron chi connectivity index (χ0n) is 10.2. The summed E-state index contributed by atoms with van der Waals surface area (Å²) in [5.74, 6) is -0.599. The molecular formula is C11H13FN4O2S. The lowest BCUT2D eigenvalue weighted by Gasteiger charge is -2.06. The minimum absolute atomic E-state index is 0.0998. The smallest absolute Gasteiger partial charge is 0.280 e. The minimum Gasteiger partial charge on any atom is -0.396 e. The molecule has 102 valence electrons. The van der Waals surface area contributed by atoms with E-state index in [1.54, 1.807) is 4.57 Å². The SMILES string of the molecule is CCn1cnc(S(=O)(=O)Nc2ccc(F)c(N)c2)c1. The molecule has 1 aromatic heterocycles. The van der Waals surface area contributed by atoms with Crippen LogP contribution in [0, 0.1) is 5.82 Å². The molecular weight excluding hydrogens is 271 g/mol. The van der Waals surface area contributed by atoms with E-state index < -0.39 is 15.8 Å². The summed E-state index contributed by atoms with van der Waals surface area (Å²) >= 11 is 0. The summed E-state index contributed by atoms with van der Waals surface area (Å²) in [5.41, 5.74) is 5.43. The van der Waals surface area contributed by atoms with E-state index in [0.29, 0.717) is 6.54 Å². The van der Waals surface area contributed by atoms with E-state index in [0.717, 1.165) is 6.07 Å². The molecule has 0 fully saturated rings. The summed E-state index contributed by atoms with van der Waals surface area (Å²) < 4.78 is 40.9. The molecule has 0 spiro atoms. The number of hydrogen-bond donors (Lipinski definition) is 2. The summed E-state index contributed by atoms with van der Waals surface area (Å²) in [4.78, 5) is 3.80. The lowest BCUT2D eigenvalue weighted by molar-refractivity contribution is 0.598. The van der Waals surface area contributed by atoms with Crippen LogP contribution in [0.4, 0.5) is 15.8 Å². The number of halogens is 1. The fourth-order valence-electron chi connectivity index (χ4n) is 1.47. The molecule has 0 radical (unpaired) electrons. The van der Waals surface area contributed by atoms with Crippen LogP contribution in [0.3, 0.4) is 0 Å². The van der Waals surface area contributed by atoms with Gasteiger partial charge in [0, 0.05) is 12.7 Å². The van der Waals surface area contributed by atoms with Crippen molar-refractivity contribution in [3.63, 3.8) is 0 Å². The molecule has 3 N–H and O–H groups in total. The van der Waals surface area contributed by atoms with Crippen LogP contribution < -0.4 is 10.5 Å². The van der Waals surface area contributed by atoms with Crippen molar-refractivity contribution < 1.29 is 12.8 Å². The molecule has 2 aromatic rings. The fourth-order valence-corrected chi connectivity index (χ4v) is 2.47. The molecule has 0 amide bonds. The number of imidazole rings is 1. The lowest BCUT2D eigenvalue weighted by atomic mass is 10.3. The maximum Gasteiger partial charge on any atom is 0.280 e. The van der Waals surface area contributed by atoms with Crippen molar-refractivity contribution >= 4 is 21.4 Å². The minimum atomic E-state index is -3.79. The Kier molecular flexibility index (Phi) is 3.43. The highest BCUT2D eigenvalue weighted by atomic mass is 32.2. The molecule has 0 bridgehead atoms. The number of benzene rings is 1. The van der Waals surface area contributed by atoms with Gasteiger partial charge in [0.2, 0.25) is 0 Å².